The van der Waals surface area contributed by atoms with Gasteiger partial charge >= 0.3 is 0 Å². The predicted molar refractivity (Wildman–Crippen MR) is 85.5 cm³/mol. The standard InChI is InChI=1S/C14H20ClN3S/c1-4-18(5-2)9-10(3)16-14-17-12-8-11(15)6-7-13(12)19-14/h6-8,10H,4-5,9H2,1-3H3,(H,16,17). The van der Waals surface area contributed by atoms with Gasteiger partial charge in [-0.25, -0.2) is 4.98 Å². The number of anilines is 1. The lowest BCUT2D eigenvalue weighted by atomic mass is 10.3. The minimum absolute atomic E-state index is 0.385. The second kappa shape index (κ2) is 6.55. The highest BCUT2D eigenvalue weighted by atomic mass is 35.5. The Morgan fingerprint density at radius 2 is 2.11 bits per heavy atom. The van der Waals surface area contributed by atoms with Crippen molar-refractivity contribution in [1.29, 1.82) is 0 Å². The van der Waals surface area contributed by atoms with Crippen LogP contribution < -0.4 is 5.32 Å². The summed E-state index contributed by atoms with van der Waals surface area (Å²) >= 11 is 7.65. The van der Waals surface area contributed by atoms with Gasteiger partial charge in [0, 0.05) is 17.6 Å². The monoisotopic (exact) mass is 297 g/mol. The first kappa shape index (κ1) is 14.6. The number of thiazole rings is 1. The molecule has 1 heterocycles. The van der Waals surface area contributed by atoms with Gasteiger partial charge in [-0.2, -0.15) is 0 Å². The van der Waals surface area contributed by atoms with Crippen molar-refractivity contribution in [1.82, 2.24) is 9.88 Å². The van der Waals surface area contributed by atoms with E-state index in [4.69, 9.17) is 11.6 Å². The number of rotatable bonds is 6. The Labute approximate surface area is 123 Å². The molecule has 1 N–H and O–H groups in total. The van der Waals surface area contributed by atoms with Gasteiger partial charge in [0.25, 0.3) is 0 Å². The molecule has 3 nitrogen and oxygen atoms in total. The average Bonchev–Trinajstić information content (AvgIpc) is 2.77. The molecule has 0 aliphatic carbocycles. The zero-order chi connectivity index (χ0) is 13.8. The van der Waals surface area contributed by atoms with E-state index in [1.165, 1.54) is 4.70 Å². The van der Waals surface area contributed by atoms with E-state index in [2.05, 4.69) is 36.0 Å². The number of aromatic nitrogens is 1. The summed E-state index contributed by atoms with van der Waals surface area (Å²) in [6, 6.07) is 6.23. The summed E-state index contributed by atoms with van der Waals surface area (Å²) < 4.78 is 1.17. The highest BCUT2D eigenvalue weighted by Crippen LogP contribution is 2.28. The van der Waals surface area contributed by atoms with Crippen LogP contribution in [0.4, 0.5) is 5.13 Å². The van der Waals surface area contributed by atoms with Crippen molar-refractivity contribution in [2.75, 3.05) is 25.0 Å². The summed E-state index contributed by atoms with van der Waals surface area (Å²) in [6.07, 6.45) is 0. The molecule has 0 spiro atoms. The third-order valence-corrected chi connectivity index (χ3v) is 4.35. The minimum atomic E-state index is 0.385. The van der Waals surface area contributed by atoms with Crippen molar-refractivity contribution in [2.24, 2.45) is 0 Å². The fourth-order valence-corrected chi connectivity index (χ4v) is 3.21. The number of nitrogens with zero attached hydrogens (tertiary/aromatic N) is 2. The van der Waals surface area contributed by atoms with Crippen LogP contribution in [0, 0.1) is 0 Å². The van der Waals surface area contributed by atoms with Gasteiger partial charge in [0.1, 0.15) is 0 Å². The lowest BCUT2D eigenvalue weighted by molar-refractivity contribution is 0.295. The molecule has 0 amide bonds. The van der Waals surface area contributed by atoms with E-state index in [0.29, 0.717) is 6.04 Å². The van der Waals surface area contributed by atoms with E-state index in [1.807, 2.05) is 18.2 Å². The van der Waals surface area contributed by atoms with E-state index >= 15 is 0 Å². The largest absolute Gasteiger partial charge is 0.358 e. The lowest BCUT2D eigenvalue weighted by Gasteiger charge is -2.23. The molecule has 2 aromatic rings. The number of halogens is 1. The van der Waals surface area contributed by atoms with Gasteiger partial charge in [0.2, 0.25) is 0 Å². The topological polar surface area (TPSA) is 28.2 Å². The van der Waals surface area contributed by atoms with Crippen LogP contribution in [0.5, 0.6) is 0 Å². The quantitative estimate of drug-likeness (QED) is 0.870. The van der Waals surface area contributed by atoms with Crippen molar-refractivity contribution in [3.05, 3.63) is 23.2 Å². The Hall–Kier alpha value is -0.840. The summed E-state index contributed by atoms with van der Waals surface area (Å²) in [4.78, 5) is 6.98. The van der Waals surface area contributed by atoms with E-state index in [-0.39, 0.29) is 0 Å². The Morgan fingerprint density at radius 1 is 1.37 bits per heavy atom. The molecule has 1 aromatic heterocycles. The molecule has 0 bridgehead atoms. The van der Waals surface area contributed by atoms with Crippen molar-refractivity contribution in [3.63, 3.8) is 0 Å². The van der Waals surface area contributed by atoms with Crippen LogP contribution >= 0.6 is 22.9 Å². The molecule has 1 aromatic carbocycles. The Balaban J connectivity index is 2.04. The number of benzene rings is 1. The van der Waals surface area contributed by atoms with Crippen molar-refractivity contribution >= 4 is 38.3 Å². The van der Waals surface area contributed by atoms with Gasteiger partial charge in [-0.15, -0.1) is 0 Å². The molecule has 5 heteroatoms. The first-order valence-electron chi connectivity index (χ1n) is 6.67. The molecule has 0 aliphatic rings. The molecule has 0 saturated carbocycles. The van der Waals surface area contributed by atoms with E-state index in [9.17, 15) is 0 Å². The number of fused-ring (bicyclic) bond motifs is 1. The molecule has 0 saturated heterocycles. The molecular formula is C14H20ClN3S. The predicted octanol–water partition coefficient (Wildman–Crippen LogP) is 4.09. The van der Waals surface area contributed by atoms with Gasteiger partial charge in [-0.1, -0.05) is 36.8 Å². The third-order valence-electron chi connectivity index (χ3n) is 3.15. The van der Waals surface area contributed by atoms with Crippen LogP contribution in [0.1, 0.15) is 20.8 Å². The zero-order valence-corrected chi connectivity index (χ0v) is 13.2. The van der Waals surface area contributed by atoms with Gasteiger partial charge < -0.3 is 10.2 Å². The summed E-state index contributed by atoms with van der Waals surface area (Å²) in [5.74, 6) is 0. The number of hydrogen-bond donors (Lipinski definition) is 1. The summed E-state index contributed by atoms with van der Waals surface area (Å²) in [5, 5.41) is 5.18. The SMILES string of the molecule is CCN(CC)CC(C)Nc1nc2cc(Cl)ccc2s1. The molecule has 104 valence electrons. The first-order valence-corrected chi connectivity index (χ1v) is 7.86. The molecule has 0 fully saturated rings. The van der Waals surface area contributed by atoms with Crippen molar-refractivity contribution in [3.8, 4) is 0 Å². The number of nitrogens with one attached hydrogen (secondary N) is 1. The molecule has 2 rings (SSSR count). The highest BCUT2D eigenvalue weighted by Gasteiger charge is 2.10. The number of hydrogen-bond acceptors (Lipinski definition) is 4. The second-order valence-electron chi connectivity index (χ2n) is 4.66. The molecule has 19 heavy (non-hydrogen) atoms. The minimum Gasteiger partial charge on any atom is -0.358 e. The average molecular weight is 298 g/mol. The third kappa shape index (κ3) is 3.81. The summed E-state index contributed by atoms with van der Waals surface area (Å²) in [5.41, 5.74) is 0.968. The van der Waals surface area contributed by atoms with Gasteiger partial charge in [0.05, 0.1) is 10.2 Å². The fourth-order valence-electron chi connectivity index (χ4n) is 2.09. The molecule has 0 aliphatic heterocycles. The summed E-state index contributed by atoms with van der Waals surface area (Å²) in [7, 11) is 0. The maximum absolute atomic E-state index is 5.98. The van der Waals surface area contributed by atoms with Crippen LogP contribution in [-0.4, -0.2) is 35.6 Å². The second-order valence-corrected chi connectivity index (χ2v) is 6.13. The maximum atomic E-state index is 5.98. The first-order chi connectivity index (χ1) is 9.12. The van der Waals surface area contributed by atoms with Crippen molar-refractivity contribution in [2.45, 2.75) is 26.8 Å². The molecule has 0 radical (unpaired) electrons. The lowest BCUT2D eigenvalue weighted by Crippen LogP contribution is -2.34. The molecule has 1 atom stereocenters. The zero-order valence-electron chi connectivity index (χ0n) is 11.6. The van der Waals surface area contributed by atoms with Crippen LogP contribution in [0.15, 0.2) is 18.2 Å². The van der Waals surface area contributed by atoms with E-state index < -0.39 is 0 Å². The Morgan fingerprint density at radius 3 is 2.79 bits per heavy atom. The maximum Gasteiger partial charge on any atom is 0.184 e. The molecular weight excluding hydrogens is 278 g/mol. The van der Waals surface area contributed by atoms with Gasteiger partial charge in [-0.3, -0.25) is 0 Å². The van der Waals surface area contributed by atoms with Gasteiger partial charge in [-0.05, 0) is 38.2 Å². The summed E-state index contributed by atoms with van der Waals surface area (Å²) in [6.45, 7) is 9.77. The smallest absolute Gasteiger partial charge is 0.184 e. The van der Waals surface area contributed by atoms with Crippen LogP contribution in [0.2, 0.25) is 5.02 Å². The molecule has 1 unspecified atom stereocenters. The van der Waals surface area contributed by atoms with Crippen LogP contribution in [-0.2, 0) is 0 Å². The van der Waals surface area contributed by atoms with Crippen molar-refractivity contribution < 1.29 is 0 Å². The van der Waals surface area contributed by atoms with Crippen LogP contribution in [0.25, 0.3) is 10.2 Å². The van der Waals surface area contributed by atoms with Gasteiger partial charge in [0.15, 0.2) is 5.13 Å². The van der Waals surface area contributed by atoms with Crippen LogP contribution in [0.3, 0.4) is 0 Å². The fraction of sp³-hybridized carbons (Fsp3) is 0.500. The number of likely N-dealkylation sites (N-methyl/N-ethyl adjacent to an activating group) is 1. The Bertz CT molecular complexity index is 536. The van der Waals surface area contributed by atoms with E-state index in [0.717, 1.165) is 35.3 Å². The highest BCUT2D eigenvalue weighted by molar-refractivity contribution is 7.22. The normalized spacial score (nSPS) is 13.1. The van der Waals surface area contributed by atoms with E-state index in [1.54, 1.807) is 11.3 Å². The Kier molecular flexibility index (Phi) is 5.02.